The zero-order valence-electron chi connectivity index (χ0n) is 16.8. The summed E-state index contributed by atoms with van der Waals surface area (Å²) < 4.78 is 20.0. The van der Waals surface area contributed by atoms with Crippen molar-refractivity contribution in [1.82, 2.24) is 9.78 Å². The van der Waals surface area contributed by atoms with Gasteiger partial charge in [0, 0.05) is 0 Å². The van der Waals surface area contributed by atoms with E-state index in [2.05, 4.69) is 15.6 Å². The van der Waals surface area contributed by atoms with Gasteiger partial charge in [-0.25, -0.2) is 4.39 Å². The molecule has 8 heteroatoms. The summed E-state index contributed by atoms with van der Waals surface area (Å²) in [6.07, 6.45) is 3.01. The molecule has 0 fully saturated rings. The molecule has 3 aromatic carbocycles. The quantitative estimate of drug-likeness (QED) is 0.317. The fraction of sp³-hybridized carbons (Fsp3) is 0.0417. The highest BCUT2D eigenvalue weighted by atomic mass is 35.5. The lowest BCUT2D eigenvalue weighted by atomic mass is 10.2. The summed E-state index contributed by atoms with van der Waals surface area (Å²) in [5.74, 6) is 0.357. The van der Waals surface area contributed by atoms with Crippen molar-refractivity contribution in [2.24, 2.45) is 5.10 Å². The van der Waals surface area contributed by atoms with E-state index in [1.807, 2.05) is 42.5 Å². The van der Waals surface area contributed by atoms with E-state index >= 15 is 0 Å². The molecule has 0 saturated heterocycles. The minimum absolute atomic E-state index is 0.0163. The molecule has 0 amide bonds. The molecule has 0 atom stereocenters. The van der Waals surface area contributed by atoms with E-state index in [4.69, 9.17) is 16.3 Å². The Morgan fingerprint density at radius 1 is 1.06 bits per heavy atom. The molecule has 0 aliphatic carbocycles. The third kappa shape index (κ3) is 5.19. The smallest absolute Gasteiger partial charge is 0.292 e. The lowest BCUT2D eigenvalue weighted by Crippen LogP contribution is -2.22. The van der Waals surface area contributed by atoms with Gasteiger partial charge in [0.2, 0.25) is 0 Å². The molecule has 4 aromatic rings. The number of anilines is 1. The van der Waals surface area contributed by atoms with Gasteiger partial charge in [-0.05, 0) is 47.5 Å². The molecule has 0 unspecified atom stereocenters. The first-order valence-electron chi connectivity index (χ1n) is 9.70. The fourth-order valence-electron chi connectivity index (χ4n) is 2.87. The molecule has 32 heavy (non-hydrogen) atoms. The van der Waals surface area contributed by atoms with Crippen LogP contribution in [0.4, 0.5) is 10.1 Å². The lowest BCUT2D eigenvalue weighted by Gasteiger charge is -2.08. The summed E-state index contributed by atoms with van der Waals surface area (Å²) >= 11 is 6.21. The third-order valence-electron chi connectivity index (χ3n) is 4.50. The number of hydrogen-bond donors (Lipinski definition) is 1. The van der Waals surface area contributed by atoms with Crippen LogP contribution in [-0.4, -0.2) is 16.0 Å². The van der Waals surface area contributed by atoms with Crippen LogP contribution < -0.4 is 15.7 Å². The van der Waals surface area contributed by atoms with Crippen molar-refractivity contribution >= 4 is 23.5 Å². The predicted octanol–water partition coefficient (Wildman–Crippen LogP) is 5.05. The Morgan fingerprint density at radius 2 is 1.84 bits per heavy atom. The second kappa shape index (κ2) is 9.89. The van der Waals surface area contributed by atoms with Crippen molar-refractivity contribution in [3.8, 4) is 11.4 Å². The predicted molar refractivity (Wildman–Crippen MR) is 123 cm³/mol. The van der Waals surface area contributed by atoms with E-state index < -0.39 is 5.56 Å². The zero-order valence-corrected chi connectivity index (χ0v) is 17.5. The molecule has 6 nitrogen and oxygen atoms in total. The molecule has 4 rings (SSSR count). The highest BCUT2D eigenvalue weighted by Gasteiger charge is 2.10. The molecule has 0 spiro atoms. The molecule has 0 aliphatic rings. The standard InChI is InChI=1S/C24H18ClFN4O2/c25-23-22(15-28-30(24(23)31)20-6-2-1-3-7-20)29-27-14-18-5-4-8-21(13-18)32-16-17-9-11-19(26)12-10-17/h1-15,29H,16H2/b27-14+. The molecular formula is C24H18ClFN4O2. The van der Waals surface area contributed by atoms with Crippen molar-refractivity contribution in [2.75, 3.05) is 5.43 Å². The normalized spacial score (nSPS) is 10.9. The van der Waals surface area contributed by atoms with Crippen molar-refractivity contribution in [2.45, 2.75) is 6.61 Å². The van der Waals surface area contributed by atoms with Crippen LogP contribution in [0.2, 0.25) is 5.02 Å². The van der Waals surface area contributed by atoms with Crippen LogP contribution in [0.1, 0.15) is 11.1 Å². The molecule has 0 radical (unpaired) electrons. The Labute approximate surface area is 188 Å². The van der Waals surface area contributed by atoms with Crippen LogP contribution in [0.5, 0.6) is 5.75 Å². The zero-order chi connectivity index (χ0) is 22.3. The summed E-state index contributed by atoms with van der Waals surface area (Å²) in [7, 11) is 0. The van der Waals surface area contributed by atoms with Gasteiger partial charge in [0.1, 0.15) is 28.9 Å². The van der Waals surface area contributed by atoms with Crippen molar-refractivity contribution in [1.29, 1.82) is 0 Å². The van der Waals surface area contributed by atoms with Crippen molar-refractivity contribution in [3.05, 3.63) is 117 Å². The Hall–Kier alpha value is -3.97. The third-order valence-corrected chi connectivity index (χ3v) is 4.86. The maximum Gasteiger partial charge on any atom is 0.292 e. The SMILES string of the molecule is O=c1c(Cl)c(N/N=C/c2cccc(OCc3ccc(F)cc3)c2)cnn1-c1ccccc1. The maximum atomic E-state index is 13.0. The Bertz CT molecular complexity index is 1290. The first-order valence-corrected chi connectivity index (χ1v) is 10.1. The van der Waals surface area contributed by atoms with Crippen molar-refractivity contribution < 1.29 is 9.13 Å². The van der Waals surface area contributed by atoms with Crippen molar-refractivity contribution in [3.63, 3.8) is 0 Å². The Kier molecular flexibility index (Phi) is 6.57. The highest BCUT2D eigenvalue weighted by Crippen LogP contribution is 2.17. The number of benzene rings is 3. The average Bonchev–Trinajstić information content (AvgIpc) is 2.82. The second-order valence-corrected chi connectivity index (χ2v) is 7.16. The number of hydrogen-bond acceptors (Lipinski definition) is 5. The van der Waals surface area contributed by atoms with Gasteiger partial charge >= 0.3 is 0 Å². The number of halogens is 2. The number of aromatic nitrogens is 2. The topological polar surface area (TPSA) is 68.5 Å². The van der Waals surface area contributed by atoms with E-state index in [-0.39, 0.29) is 10.8 Å². The summed E-state index contributed by atoms with van der Waals surface area (Å²) in [5.41, 5.74) is 4.85. The molecule has 0 bridgehead atoms. The van der Waals surface area contributed by atoms with Gasteiger partial charge in [-0.2, -0.15) is 14.9 Å². The monoisotopic (exact) mass is 448 g/mol. The van der Waals surface area contributed by atoms with Crippen LogP contribution in [0.3, 0.4) is 0 Å². The summed E-state index contributed by atoms with van der Waals surface area (Å²) in [4.78, 5) is 12.5. The molecule has 160 valence electrons. The first kappa shape index (κ1) is 21.3. The molecule has 1 N–H and O–H groups in total. The van der Waals surface area contributed by atoms with Gasteiger partial charge in [0.25, 0.3) is 5.56 Å². The van der Waals surface area contributed by atoms with E-state index in [1.54, 1.807) is 30.5 Å². The maximum absolute atomic E-state index is 13.0. The Morgan fingerprint density at radius 3 is 2.62 bits per heavy atom. The van der Waals surface area contributed by atoms with Gasteiger partial charge < -0.3 is 4.74 Å². The van der Waals surface area contributed by atoms with Gasteiger partial charge in [-0.1, -0.05) is 54.1 Å². The Balaban J connectivity index is 1.42. The molecule has 0 saturated carbocycles. The first-order chi connectivity index (χ1) is 15.6. The number of ether oxygens (including phenoxy) is 1. The summed E-state index contributed by atoms with van der Waals surface area (Å²) in [5, 5.41) is 8.27. The molecule has 0 aliphatic heterocycles. The van der Waals surface area contributed by atoms with E-state index in [0.717, 1.165) is 11.1 Å². The molecule has 1 aromatic heterocycles. The van der Waals surface area contributed by atoms with Crippen LogP contribution in [0, 0.1) is 5.82 Å². The number of nitrogens with zero attached hydrogens (tertiary/aromatic N) is 3. The van der Waals surface area contributed by atoms with E-state index in [0.29, 0.717) is 23.7 Å². The highest BCUT2D eigenvalue weighted by molar-refractivity contribution is 6.32. The van der Waals surface area contributed by atoms with E-state index in [1.165, 1.54) is 23.0 Å². The van der Waals surface area contributed by atoms with E-state index in [9.17, 15) is 9.18 Å². The average molecular weight is 449 g/mol. The van der Waals surface area contributed by atoms with Crippen LogP contribution in [0.15, 0.2) is 95.0 Å². The van der Waals surface area contributed by atoms with Gasteiger partial charge in [0.15, 0.2) is 0 Å². The van der Waals surface area contributed by atoms with Crippen LogP contribution in [0.25, 0.3) is 5.69 Å². The summed E-state index contributed by atoms with van der Waals surface area (Å²) in [6, 6.07) is 22.4. The lowest BCUT2D eigenvalue weighted by molar-refractivity contribution is 0.306. The molecule has 1 heterocycles. The minimum Gasteiger partial charge on any atom is -0.489 e. The van der Waals surface area contributed by atoms with Gasteiger partial charge in [-0.3, -0.25) is 10.2 Å². The number of hydrazone groups is 1. The summed E-state index contributed by atoms with van der Waals surface area (Å²) in [6.45, 7) is 0.318. The number of para-hydroxylation sites is 1. The van der Waals surface area contributed by atoms with Gasteiger partial charge in [-0.15, -0.1) is 0 Å². The number of rotatable bonds is 7. The minimum atomic E-state index is -0.450. The fourth-order valence-corrected chi connectivity index (χ4v) is 3.04. The van der Waals surface area contributed by atoms with Crippen LogP contribution in [-0.2, 0) is 6.61 Å². The number of nitrogens with one attached hydrogen (secondary N) is 1. The van der Waals surface area contributed by atoms with Gasteiger partial charge in [0.05, 0.1) is 18.1 Å². The largest absolute Gasteiger partial charge is 0.489 e. The molecular weight excluding hydrogens is 431 g/mol. The second-order valence-electron chi connectivity index (χ2n) is 6.78. The van der Waals surface area contributed by atoms with Crippen LogP contribution >= 0.6 is 11.6 Å².